The Morgan fingerprint density at radius 2 is 0.797 bits per heavy atom. The number of carbonyl (C=O) groups is 2. The molecule has 2 unspecified atom stereocenters. The highest BCUT2D eigenvalue weighted by atomic mass is 16.5. The van der Waals surface area contributed by atoms with Gasteiger partial charge in [0.15, 0.2) is 0 Å². The summed E-state index contributed by atoms with van der Waals surface area (Å²) in [5.41, 5.74) is 0. The molecule has 6 heteroatoms. The minimum atomic E-state index is -0.669. The van der Waals surface area contributed by atoms with E-state index in [2.05, 4.69) is 31.3 Å². The van der Waals surface area contributed by atoms with E-state index < -0.39 is 12.1 Å². The summed E-state index contributed by atoms with van der Waals surface area (Å²) in [5, 5.41) is 23.2. The van der Waals surface area contributed by atoms with Crippen LogP contribution in [0.1, 0.15) is 290 Å². The summed E-state index contributed by atoms with van der Waals surface area (Å²) in [6, 6.07) is -0.547. The average molecular weight is 834 g/mol. The van der Waals surface area contributed by atoms with Gasteiger partial charge in [-0.25, -0.2) is 0 Å². The Kier molecular flexibility index (Phi) is 48.1. The molecule has 0 fully saturated rings. The average Bonchev–Trinajstić information content (AvgIpc) is 3.24. The largest absolute Gasteiger partial charge is 0.466 e. The fraction of sp³-hybridized carbons (Fsp3) is 0.925. The van der Waals surface area contributed by atoms with E-state index in [4.69, 9.17) is 4.74 Å². The summed E-state index contributed by atoms with van der Waals surface area (Å²) in [6.45, 7) is 4.92. The van der Waals surface area contributed by atoms with E-state index >= 15 is 0 Å². The molecule has 0 aliphatic rings. The van der Waals surface area contributed by atoms with Crippen LogP contribution in [-0.2, 0) is 14.3 Å². The van der Waals surface area contributed by atoms with E-state index in [9.17, 15) is 19.8 Å². The molecule has 0 saturated heterocycles. The fourth-order valence-corrected chi connectivity index (χ4v) is 8.22. The zero-order chi connectivity index (χ0) is 43.0. The van der Waals surface area contributed by atoms with Gasteiger partial charge in [0.25, 0.3) is 0 Å². The zero-order valence-electron chi connectivity index (χ0n) is 39.7. The highest BCUT2D eigenvalue weighted by molar-refractivity contribution is 5.76. The Bertz CT molecular complexity index is 878. The first-order valence-electron chi connectivity index (χ1n) is 26.4. The van der Waals surface area contributed by atoms with E-state index in [1.165, 1.54) is 205 Å². The van der Waals surface area contributed by atoms with Crippen molar-refractivity contribution in [3.05, 3.63) is 12.2 Å². The van der Waals surface area contributed by atoms with Crippen molar-refractivity contribution in [2.45, 2.75) is 302 Å². The molecule has 0 spiro atoms. The van der Waals surface area contributed by atoms with Crippen molar-refractivity contribution in [1.82, 2.24) is 5.32 Å². The van der Waals surface area contributed by atoms with Gasteiger partial charge in [-0.15, -0.1) is 0 Å². The third-order valence-corrected chi connectivity index (χ3v) is 12.3. The van der Waals surface area contributed by atoms with Crippen LogP contribution >= 0.6 is 0 Å². The van der Waals surface area contributed by atoms with Gasteiger partial charge in [0, 0.05) is 12.8 Å². The third kappa shape index (κ3) is 45.9. The Morgan fingerprint density at radius 1 is 0.458 bits per heavy atom. The summed E-state index contributed by atoms with van der Waals surface area (Å²) in [5.74, 6) is -0.0515. The van der Waals surface area contributed by atoms with E-state index in [1.807, 2.05) is 0 Å². The summed E-state index contributed by atoms with van der Waals surface area (Å²) >= 11 is 0. The lowest BCUT2D eigenvalue weighted by atomic mass is 10.0. The van der Waals surface area contributed by atoms with Crippen LogP contribution in [0.25, 0.3) is 0 Å². The van der Waals surface area contributed by atoms with Crippen LogP contribution in [-0.4, -0.2) is 47.4 Å². The molecule has 0 radical (unpaired) electrons. The van der Waals surface area contributed by atoms with Gasteiger partial charge in [0.05, 0.1) is 25.4 Å². The summed E-state index contributed by atoms with van der Waals surface area (Å²) in [4.78, 5) is 24.4. The van der Waals surface area contributed by atoms with Crippen LogP contribution in [0, 0.1) is 0 Å². The number of amides is 1. The topological polar surface area (TPSA) is 95.9 Å². The Morgan fingerprint density at radius 3 is 1.24 bits per heavy atom. The number of hydrogen-bond donors (Lipinski definition) is 3. The number of rotatable bonds is 49. The Hall–Kier alpha value is -1.40. The number of carbonyl (C=O) groups excluding carboxylic acids is 2. The lowest BCUT2D eigenvalue weighted by molar-refractivity contribution is -0.143. The van der Waals surface area contributed by atoms with Gasteiger partial charge >= 0.3 is 5.97 Å². The summed E-state index contributed by atoms with van der Waals surface area (Å²) in [7, 11) is 0. The molecule has 0 aromatic heterocycles. The van der Waals surface area contributed by atoms with Crippen molar-refractivity contribution >= 4 is 11.9 Å². The number of esters is 1. The van der Waals surface area contributed by atoms with Crippen molar-refractivity contribution in [3.63, 3.8) is 0 Å². The zero-order valence-corrected chi connectivity index (χ0v) is 39.7. The molecule has 0 aliphatic carbocycles. The number of aliphatic hydroxyl groups excluding tert-OH is 2. The Balaban J connectivity index is 3.44. The van der Waals surface area contributed by atoms with Gasteiger partial charge in [0.2, 0.25) is 5.91 Å². The fourth-order valence-electron chi connectivity index (χ4n) is 8.22. The second-order valence-electron chi connectivity index (χ2n) is 18.2. The molecule has 6 nitrogen and oxygen atoms in total. The quantitative estimate of drug-likeness (QED) is 0.0322. The minimum absolute atomic E-state index is 0.00911. The van der Waals surface area contributed by atoms with Crippen molar-refractivity contribution < 1.29 is 24.5 Å². The minimum Gasteiger partial charge on any atom is -0.466 e. The van der Waals surface area contributed by atoms with E-state index in [1.54, 1.807) is 0 Å². The maximum atomic E-state index is 12.5. The van der Waals surface area contributed by atoms with Gasteiger partial charge < -0.3 is 20.3 Å². The molecule has 2 atom stereocenters. The van der Waals surface area contributed by atoms with Gasteiger partial charge in [0.1, 0.15) is 0 Å². The molecule has 0 aromatic carbocycles. The predicted molar refractivity (Wildman–Crippen MR) is 255 cm³/mol. The smallest absolute Gasteiger partial charge is 0.305 e. The van der Waals surface area contributed by atoms with Gasteiger partial charge in [-0.1, -0.05) is 238 Å². The lowest BCUT2D eigenvalue weighted by Gasteiger charge is -2.22. The van der Waals surface area contributed by atoms with Crippen LogP contribution in [0.4, 0.5) is 0 Å². The molecule has 0 aliphatic heterocycles. The second kappa shape index (κ2) is 49.3. The molecule has 0 rings (SSSR count). The second-order valence-corrected chi connectivity index (χ2v) is 18.2. The monoisotopic (exact) mass is 834 g/mol. The highest BCUT2D eigenvalue weighted by Gasteiger charge is 2.20. The van der Waals surface area contributed by atoms with Gasteiger partial charge in [-0.3, -0.25) is 9.59 Å². The maximum absolute atomic E-state index is 12.5. The Labute approximate surface area is 368 Å². The molecule has 0 bridgehead atoms. The number of hydrogen-bond acceptors (Lipinski definition) is 5. The van der Waals surface area contributed by atoms with Gasteiger partial charge in [-0.2, -0.15) is 0 Å². The van der Waals surface area contributed by atoms with Crippen LogP contribution < -0.4 is 5.32 Å². The van der Waals surface area contributed by atoms with E-state index in [-0.39, 0.29) is 18.5 Å². The van der Waals surface area contributed by atoms with Crippen LogP contribution in [0.3, 0.4) is 0 Å². The molecule has 0 saturated carbocycles. The number of allylic oxidation sites excluding steroid dienone is 2. The number of ether oxygens (including phenoxy) is 1. The summed E-state index contributed by atoms with van der Waals surface area (Å²) < 4.78 is 5.45. The molecule has 59 heavy (non-hydrogen) atoms. The number of unbranched alkanes of at least 4 members (excludes halogenated alkanes) is 36. The molecule has 350 valence electrons. The van der Waals surface area contributed by atoms with Crippen LogP contribution in [0.2, 0.25) is 0 Å². The third-order valence-electron chi connectivity index (χ3n) is 12.3. The molecular weight excluding hydrogens is 731 g/mol. The van der Waals surface area contributed by atoms with Crippen LogP contribution in [0.5, 0.6) is 0 Å². The first-order chi connectivity index (χ1) is 29.0. The van der Waals surface area contributed by atoms with Crippen molar-refractivity contribution in [1.29, 1.82) is 0 Å². The predicted octanol–water partition coefficient (Wildman–Crippen LogP) is 15.7. The molecule has 1 amide bonds. The standard InChI is InChI=1S/C53H103NO5/c1-3-5-7-9-11-13-15-17-19-22-25-29-33-37-41-45-51(56)50(49-55)54-52(57)46-42-38-34-30-26-23-20-18-21-24-28-32-36-40-44-48-59-53(58)47-43-39-35-31-27-16-14-12-10-8-6-4-2/h12,14,50-51,55-56H,3-11,13,15-49H2,1-2H3,(H,54,57)/b14-12-. The van der Waals surface area contributed by atoms with E-state index in [0.29, 0.717) is 25.9 Å². The van der Waals surface area contributed by atoms with Crippen molar-refractivity contribution in [2.75, 3.05) is 13.2 Å². The molecule has 3 N–H and O–H groups in total. The highest BCUT2D eigenvalue weighted by Crippen LogP contribution is 2.17. The normalized spacial score (nSPS) is 12.7. The lowest BCUT2D eigenvalue weighted by Crippen LogP contribution is -2.45. The first kappa shape index (κ1) is 57.6. The first-order valence-corrected chi connectivity index (χ1v) is 26.4. The van der Waals surface area contributed by atoms with Crippen molar-refractivity contribution in [2.24, 2.45) is 0 Å². The van der Waals surface area contributed by atoms with E-state index in [0.717, 1.165) is 51.4 Å². The van der Waals surface area contributed by atoms with Crippen molar-refractivity contribution in [3.8, 4) is 0 Å². The molecular formula is C53H103NO5. The molecule has 0 heterocycles. The molecule has 0 aromatic rings. The van der Waals surface area contributed by atoms with Crippen LogP contribution in [0.15, 0.2) is 12.2 Å². The maximum Gasteiger partial charge on any atom is 0.305 e. The van der Waals surface area contributed by atoms with Gasteiger partial charge in [-0.05, 0) is 51.4 Å². The number of nitrogens with one attached hydrogen (secondary N) is 1. The summed E-state index contributed by atoms with van der Waals surface area (Å²) in [6.07, 6.45) is 56.1. The number of aliphatic hydroxyl groups is 2. The SMILES string of the molecule is CCCCC/C=C\CCCCCCCC(=O)OCCCCCCCCCCCCCCCCCC(=O)NC(CO)C(O)CCCCCCCCCCCCCCCCC.